The summed E-state index contributed by atoms with van der Waals surface area (Å²) in [6.07, 6.45) is 2.55. The molecular formula is C22H24FNO3. The topological polar surface area (TPSA) is 46.6 Å². The zero-order chi connectivity index (χ0) is 19.4. The van der Waals surface area contributed by atoms with Crippen LogP contribution >= 0.6 is 0 Å². The van der Waals surface area contributed by atoms with E-state index >= 15 is 0 Å². The van der Waals surface area contributed by atoms with Crippen LogP contribution in [0.3, 0.4) is 0 Å². The van der Waals surface area contributed by atoms with E-state index in [1.54, 1.807) is 19.2 Å². The molecule has 0 N–H and O–H groups in total. The van der Waals surface area contributed by atoms with Crippen LogP contribution in [0.15, 0.2) is 42.5 Å². The third-order valence-corrected chi connectivity index (χ3v) is 5.11. The van der Waals surface area contributed by atoms with Gasteiger partial charge < -0.3 is 4.74 Å². The number of hydrogen-bond donors (Lipinski definition) is 0. The molecule has 2 aromatic carbocycles. The van der Waals surface area contributed by atoms with Crippen LogP contribution in [0.2, 0.25) is 0 Å². The number of methoxy groups -OCH3 is 1. The SMILES string of the molecule is COc1ccc(C(C)=O)cc1C[C@H](C(=O)c1ccc(F)cc1)N1CCCC1. The quantitative estimate of drug-likeness (QED) is 0.694. The Morgan fingerprint density at radius 1 is 1.07 bits per heavy atom. The molecule has 1 aliphatic heterocycles. The summed E-state index contributed by atoms with van der Waals surface area (Å²) in [4.78, 5) is 27.1. The molecule has 0 aliphatic carbocycles. The van der Waals surface area contributed by atoms with Crippen molar-refractivity contribution in [2.45, 2.75) is 32.2 Å². The summed E-state index contributed by atoms with van der Waals surface area (Å²) < 4.78 is 18.7. The second-order valence-electron chi connectivity index (χ2n) is 6.92. The lowest BCUT2D eigenvalue weighted by Gasteiger charge is -2.27. The fourth-order valence-electron chi connectivity index (χ4n) is 3.61. The Morgan fingerprint density at radius 3 is 2.30 bits per heavy atom. The lowest BCUT2D eigenvalue weighted by Crippen LogP contribution is -2.41. The normalized spacial score (nSPS) is 15.5. The lowest BCUT2D eigenvalue weighted by atomic mass is 9.94. The number of carbonyl (C=O) groups is 2. The maximum absolute atomic E-state index is 13.2. The molecule has 1 atom stereocenters. The van der Waals surface area contributed by atoms with Crippen LogP contribution in [-0.2, 0) is 6.42 Å². The van der Waals surface area contributed by atoms with E-state index in [4.69, 9.17) is 4.74 Å². The molecule has 3 rings (SSSR count). The van der Waals surface area contributed by atoms with Crippen LogP contribution in [-0.4, -0.2) is 42.7 Å². The molecular weight excluding hydrogens is 345 g/mol. The summed E-state index contributed by atoms with van der Waals surface area (Å²) in [6.45, 7) is 3.23. The molecule has 0 unspecified atom stereocenters. The monoisotopic (exact) mass is 369 g/mol. The number of benzene rings is 2. The molecule has 1 heterocycles. The molecule has 1 fully saturated rings. The molecule has 4 nitrogen and oxygen atoms in total. The molecule has 0 spiro atoms. The molecule has 0 saturated carbocycles. The molecule has 142 valence electrons. The van der Waals surface area contributed by atoms with Gasteiger partial charge in [0.05, 0.1) is 13.2 Å². The Hall–Kier alpha value is -2.53. The molecule has 0 aromatic heterocycles. The first kappa shape index (κ1) is 19.2. The van der Waals surface area contributed by atoms with Crippen LogP contribution in [0.5, 0.6) is 5.75 Å². The van der Waals surface area contributed by atoms with E-state index < -0.39 is 0 Å². The molecule has 1 aliphatic rings. The molecule has 0 amide bonds. The number of Topliss-reactive ketones (excluding diaryl/α,β-unsaturated/α-hetero) is 2. The van der Waals surface area contributed by atoms with Gasteiger partial charge >= 0.3 is 0 Å². The fourth-order valence-corrected chi connectivity index (χ4v) is 3.61. The number of rotatable bonds is 7. The average molecular weight is 369 g/mol. The Morgan fingerprint density at radius 2 is 1.70 bits per heavy atom. The maximum Gasteiger partial charge on any atom is 0.180 e. The summed E-state index contributed by atoms with van der Waals surface area (Å²) in [5.41, 5.74) is 1.92. The first-order chi connectivity index (χ1) is 13.0. The summed E-state index contributed by atoms with van der Waals surface area (Å²) in [5, 5.41) is 0. The van der Waals surface area contributed by atoms with Crippen molar-refractivity contribution in [1.82, 2.24) is 4.90 Å². The van der Waals surface area contributed by atoms with Crippen molar-refractivity contribution in [3.05, 3.63) is 65.0 Å². The highest BCUT2D eigenvalue weighted by atomic mass is 19.1. The minimum Gasteiger partial charge on any atom is -0.496 e. The van der Waals surface area contributed by atoms with Gasteiger partial charge in [-0.25, -0.2) is 4.39 Å². The summed E-state index contributed by atoms with van der Waals surface area (Å²) in [5.74, 6) is 0.241. The first-order valence-corrected chi connectivity index (χ1v) is 9.21. The van der Waals surface area contributed by atoms with Crippen LogP contribution in [0, 0.1) is 5.82 Å². The van der Waals surface area contributed by atoms with E-state index in [1.807, 2.05) is 6.07 Å². The Labute approximate surface area is 158 Å². The van der Waals surface area contributed by atoms with E-state index in [0.29, 0.717) is 23.3 Å². The predicted molar refractivity (Wildman–Crippen MR) is 102 cm³/mol. The summed E-state index contributed by atoms with van der Waals surface area (Å²) >= 11 is 0. The molecule has 2 aromatic rings. The number of nitrogens with zero attached hydrogens (tertiary/aromatic N) is 1. The van der Waals surface area contributed by atoms with Crippen molar-refractivity contribution in [3.63, 3.8) is 0 Å². The predicted octanol–water partition coefficient (Wildman–Crippen LogP) is 3.93. The Bertz CT molecular complexity index is 826. The third kappa shape index (κ3) is 4.42. The largest absolute Gasteiger partial charge is 0.496 e. The van der Waals surface area contributed by atoms with Gasteiger partial charge in [0.15, 0.2) is 11.6 Å². The molecule has 5 heteroatoms. The van der Waals surface area contributed by atoms with Gasteiger partial charge in [0.25, 0.3) is 0 Å². The number of carbonyl (C=O) groups excluding carboxylic acids is 2. The van der Waals surface area contributed by atoms with Crippen molar-refractivity contribution < 1.29 is 18.7 Å². The fraction of sp³-hybridized carbons (Fsp3) is 0.364. The van der Waals surface area contributed by atoms with Gasteiger partial charge in [-0.1, -0.05) is 0 Å². The second-order valence-corrected chi connectivity index (χ2v) is 6.92. The maximum atomic E-state index is 13.2. The number of halogens is 1. The van der Waals surface area contributed by atoms with Crippen molar-refractivity contribution in [3.8, 4) is 5.75 Å². The van der Waals surface area contributed by atoms with E-state index in [0.717, 1.165) is 31.5 Å². The highest BCUT2D eigenvalue weighted by molar-refractivity contribution is 6.00. The van der Waals surface area contributed by atoms with Gasteiger partial charge in [-0.2, -0.15) is 0 Å². The minimum absolute atomic E-state index is 0.0264. The number of likely N-dealkylation sites (tertiary alicyclic amines) is 1. The van der Waals surface area contributed by atoms with Crippen molar-refractivity contribution >= 4 is 11.6 Å². The number of ether oxygens (including phenoxy) is 1. The van der Waals surface area contributed by atoms with Gasteiger partial charge in [0.2, 0.25) is 0 Å². The highest BCUT2D eigenvalue weighted by Gasteiger charge is 2.30. The van der Waals surface area contributed by atoms with Gasteiger partial charge in [-0.05, 0) is 87.3 Å². The summed E-state index contributed by atoms with van der Waals surface area (Å²) in [6, 6.07) is 10.6. The standard InChI is InChI=1S/C22H24FNO3/c1-15(25)17-7-10-21(27-2)18(13-17)14-20(24-11-3-4-12-24)22(26)16-5-8-19(23)9-6-16/h5-10,13,20H,3-4,11-12,14H2,1-2H3/t20-/m1/s1. The van der Waals surface area contributed by atoms with Gasteiger partial charge in [-0.3, -0.25) is 14.5 Å². The minimum atomic E-state index is -0.367. The highest BCUT2D eigenvalue weighted by Crippen LogP contribution is 2.26. The van der Waals surface area contributed by atoms with E-state index in [-0.39, 0.29) is 23.4 Å². The number of hydrogen-bond acceptors (Lipinski definition) is 4. The Balaban J connectivity index is 1.94. The van der Waals surface area contributed by atoms with Crippen LogP contribution in [0.1, 0.15) is 46.0 Å². The van der Waals surface area contributed by atoms with E-state index in [2.05, 4.69) is 4.90 Å². The molecule has 0 radical (unpaired) electrons. The van der Waals surface area contributed by atoms with Crippen LogP contribution < -0.4 is 4.74 Å². The van der Waals surface area contributed by atoms with E-state index in [1.165, 1.54) is 31.2 Å². The van der Waals surface area contributed by atoms with Gasteiger partial charge in [0.1, 0.15) is 11.6 Å². The van der Waals surface area contributed by atoms with Crippen LogP contribution in [0.4, 0.5) is 4.39 Å². The van der Waals surface area contributed by atoms with Crippen LogP contribution in [0.25, 0.3) is 0 Å². The van der Waals surface area contributed by atoms with Crippen molar-refractivity contribution in [1.29, 1.82) is 0 Å². The Kier molecular flexibility index (Phi) is 6.01. The second kappa shape index (κ2) is 8.44. The van der Waals surface area contributed by atoms with Crippen molar-refractivity contribution in [2.24, 2.45) is 0 Å². The number of ketones is 2. The molecule has 0 bridgehead atoms. The third-order valence-electron chi connectivity index (χ3n) is 5.11. The zero-order valence-electron chi connectivity index (χ0n) is 15.7. The van der Waals surface area contributed by atoms with Crippen molar-refractivity contribution in [2.75, 3.05) is 20.2 Å². The average Bonchev–Trinajstić information content (AvgIpc) is 3.20. The molecule has 27 heavy (non-hydrogen) atoms. The zero-order valence-corrected chi connectivity index (χ0v) is 15.7. The molecule has 1 saturated heterocycles. The van der Waals surface area contributed by atoms with Gasteiger partial charge in [0, 0.05) is 11.1 Å². The summed E-state index contributed by atoms with van der Waals surface area (Å²) in [7, 11) is 1.58. The van der Waals surface area contributed by atoms with Gasteiger partial charge in [-0.15, -0.1) is 0 Å². The lowest BCUT2D eigenvalue weighted by molar-refractivity contribution is 0.0847. The smallest absolute Gasteiger partial charge is 0.180 e. The first-order valence-electron chi connectivity index (χ1n) is 9.21. The van der Waals surface area contributed by atoms with E-state index in [9.17, 15) is 14.0 Å².